The molecule has 0 aliphatic heterocycles. The second-order valence-corrected chi connectivity index (χ2v) is 5.89. The van der Waals surface area contributed by atoms with Crippen LogP contribution < -0.4 is 0 Å². The third-order valence-corrected chi connectivity index (χ3v) is 3.84. The molecule has 0 unspecified atom stereocenters. The summed E-state index contributed by atoms with van der Waals surface area (Å²) in [6.45, 7) is 4.55. The van der Waals surface area contributed by atoms with E-state index in [4.69, 9.17) is 0 Å². The first-order valence-corrected chi connectivity index (χ1v) is 7.23. The zero-order chi connectivity index (χ0) is 14.1. The molecule has 0 radical (unpaired) electrons. The van der Waals surface area contributed by atoms with Crippen molar-refractivity contribution in [1.29, 1.82) is 0 Å². The Morgan fingerprint density at radius 3 is 2.40 bits per heavy atom. The van der Waals surface area contributed by atoms with Crippen molar-refractivity contribution in [1.82, 2.24) is 0 Å². The molecule has 1 heteroatoms. The first-order valence-electron chi connectivity index (χ1n) is 7.23. The van der Waals surface area contributed by atoms with Gasteiger partial charge in [0.05, 0.1) is 6.61 Å². The summed E-state index contributed by atoms with van der Waals surface area (Å²) < 4.78 is 0. The van der Waals surface area contributed by atoms with Crippen LogP contribution in [0.3, 0.4) is 0 Å². The van der Waals surface area contributed by atoms with Crippen LogP contribution in [-0.4, -0.2) is 5.11 Å². The molecule has 1 N–H and O–H groups in total. The van der Waals surface area contributed by atoms with Crippen LogP contribution in [0.4, 0.5) is 0 Å². The number of fused-ring (bicyclic) bond motifs is 2. The maximum Gasteiger partial charge on any atom is 0.0693 e. The van der Waals surface area contributed by atoms with E-state index in [9.17, 15) is 5.11 Å². The van der Waals surface area contributed by atoms with Gasteiger partial charge in [-0.2, -0.15) is 0 Å². The summed E-state index contributed by atoms with van der Waals surface area (Å²) in [5, 5.41) is 14.6. The van der Waals surface area contributed by atoms with Crippen LogP contribution in [0.1, 0.15) is 25.0 Å². The summed E-state index contributed by atoms with van der Waals surface area (Å²) in [6, 6.07) is 17.1. The molecular formula is C19H20O. The lowest BCUT2D eigenvalue weighted by Crippen LogP contribution is -1.95. The summed E-state index contributed by atoms with van der Waals surface area (Å²) in [6.07, 6.45) is 1.08. The maximum absolute atomic E-state index is 9.81. The van der Waals surface area contributed by atoms with Crippen molar-refractivity contribution in [2.24, 2.45) is 5.92 Å². The molecule has 3 aromatic rings. The fourth-order valence-corrected chi connectivity index (χ4v) is 2.97. The Kier molecular flexibility index (Phi) is 3.45. The molecule has 20 heavy (non-hydrogen) atoms. The Bertz CT molecular complexity index is 756. The molecule has 0 atom stereocenters. The average molecular weight is 264 g/mol. The number of aliphatic hydroxyl groups is 1. The summed E-state index contributed by atoms with van der Waals surface area (Å²) >= 11 is 0. The van der Waals surface area contributed by atoms with Crippen LogP contribution in [0, 0.1) is 5.92 Å². The summed E-state index contributed by atoms with van der Waals surface area (Å²) in [7, 11) is 0. The minimum atomic E-state index is 0.0863. The molecule has 0 aliphatic rings. The molecule has 0 saturated carbocycles. The van der Waals surface area contributed by atoms with Gasteiger partial charge in [0.1, 0.15) is 0 Å². The van der Waals surface area contributed by atoms with E-state index in [1.54, 1.807) is 0 Å². The lowest BCUT2D eigenvalue weighted by atomic mass is 9.94. The first kappa shape index (κ1) is 13.1. The van der Waals surface area contributed by atoms with E-state index >= 15 is 0 Å². The van der Waals surface area contributed by atoms with Gasteiger partial charge in [-0.1, -0.05) is 56.3 Å². The van der Waals surface area contributed by atoms with Gasteiger partial charge in [-0.05, 0) is 51.1 Å². The van der Waals surface area contributed by atoms with Crippen molar-refractivity contribution >= 4 is 21.5 Å². The number of hydrogen-bond donors (Lipinski definition) is 1. The molecule has 0 fully saturated rings. The molecular weight excluding hydrogens is 244 g/mol. The normalized spacial score (nSPS) is 11.6. The van der Waals surface area contributed by atoms with Crippen LogP contribution in [-0.2, 0) is 13.0 Å². The first-order chi connectivity index (χ1) is 9.69. The molecule has 3 rings (SSSR count). The average Bonchev–Trinajstić information content (AvgIpc) is 2.44. The molecule has 0 heterocycles. The van der Waals surface area contributed by atoms with Crippen LogP contribution in [0.5, 0.6) is 0 Å². The number of rotatable bonds is 3. The highest BCUT2D eigenvalue weighted by molar-refractivity contribution is 6.02. The van der Waals surface area contributed by atoms with Gasteiger partial charge in [-0.15, -0.1) is 0 Å². The van der Waals surface area contributed by atoms with Gasteiger partial charge < -0.3 is 5.11 Å². The lowest BCUT2D eigenvalue weighted by molar-refractivity contribution is 0.285. The second kappa shape index (κ2) is 5.26. The van der Waals surface area contributed by atoms with Crippen molar-refractivity contribution in [3.8, 4) is 0 Å². The van der Waals surface area contributed by atoms with Gasteiger partial charge in [0.15, 0.2) is 0 Å². The minimum Gasteiger partial charge on any atom is -0.392 e. The van der Waals surface area contributed by atoms with E-state index in [1.165, 1.54) is 21.7 Å². The smallest absolute Gasteiger partial charge is 0.0693 e. The fourth-order valence-electron chi connectivity index (χ4n) is 2.97. The number of benzene rings is 3. The van der Waals surface area contributed by atoms with Crippen LogP contribution >= 0.6 is 0 Å². The third-order valence-electron chi connectivity index (χ3n) is 3.84. The molecule has 0 amide bonds. The topological polar surface area (TPSA) is 20.2 Å². The summed E-state index contributed by atoms with van der Waals surface area (Å²) in [4.78, 5) is 0. The van der Waals surface area contributed by atoms with E-state index < -0.39 is 0 Å². The Hall–Kier alpha value is -1.86. The molecule has 0 spiro atoms. The molecule has 0 aliphatic carbocycles. The van der Waals surface area contributed by atoms with E-state index in [1.807, 2.05) is 12.1 Å². The van der Waals surface area contributed by atoms with Crippen molar-refractivity contribution < 1.29 is 5.11 Å². The minimum absolute atomic E-state index is 0.0863. The van der Waals surface area contributed by atoms with Crippen LogP contribution in [0.15, 0.2) is 48.5 Å². The predicted molar refractivity (Wildman–Crippen MR) is 85.9 cm³/mol. The number of hydrogen-bond acceptors (Lipinski definition) is 1. The monoisotopic (exact) mass is 264 g/mol. The van der Waals surface area contributed by atoms with E-state index in [0.29, 0.717) is 5.92 Å². The zero-order valence-corrected chi connectivity index (χ0v) is 12.1. The van der Waals surface area contributed by atoms with E-state index in [0.717, 1.165) is 17.4 Å². The molecule has 0 saturated heterocycles. The molecule has 0 bridgehead atoms. The highest BCUT2D eigenvalue weighted by Gasteiger charge is 2.08. The lowest BCUT2D eigenvalue weighted by Gasteiger charge is -2.12. The largest absolute Gasteiger partial charge is 0.392 e. The second-order valence-electron chi connectivity index (χ2n) is 5.89. The van der Waals surface area contributed by atoms with Crippen molar-refractivity contribution in [3.05, 3.63) is 59.7 Å². The maximum atomic E-state index is 9.81. The summed E-state index contributed by atoms with van der Waals surface area (Å²) in [5.74, 6) is 0.644. The summed E-state index contributed by atoms with van der Waals surface area (Å²) in [5.41, 5.74) is 2.39. The van der Waals surface area contributed by atoms with E-state index in [2.05, 4.69) is 50.2 Å². The Morgan fingerprint density at radius 1 is 0.900 bits per heavy atom. The van der Waals surface area contributed by atoms with Crippen molar-refractivity contribution in [3.63, 3.8) is 0 Å². The molecule has 1 nitrogen and oxygen atoms in total. The van der Waals surface area contributed by atoms with Crippen molar-refractivity contribution in [2.75, 3.05) is 0 Å². The highest BCUT2D eigenvalue weighted by Crippen LogP contribution is 2.29. The Balaban J connectivity index is 2.29. The Morgan fingerprint density at radius 2 is 1.65 bits per heavy atom. The highest BCUT2D eigenvalue weighted by atomic mass is 16.3. The SMILES string of the molecule is CC(C)Cc1ccc2cc3ccccc3c(CO)c2c1. The van der Waals surface area contributed by atoms with Gasteiger partial charge in [-0.3, -0.25) is 0 Å². The van der Waals surface area contributed by atoms with Crippen molar-refractivity contribution in [2.45, 2.75) is 26.9 Å². The van der Waals surface area contributed by atoms with E-state index in [-0.39, 0.29) is 6.61 Å². The van der Waals surface area contributed by atoms with Gasteiger partial charge in [-0.25, -0.2) is 0 Å². The Labute approximate surface area is 119 Å². The van der Waals surface area contributed by atoms with Crippen LogP contribution in [0.25, 0.3) is 21.5 Å². The fraction of sp³-hybridized carbons (Fsp3) is 0.263. The van der Waals surface area contributed by atoms with Crippen LogP contribution in [0.2, 0.25) is 0 Å². The molecule has 0 aromatic heterocycles. The molecule has 102 valence electrons. The molecule has 3 aromatic carbocycles. The standard InChI is InChI=1S/C19H20O/c1-13(2)9-14-7-8-16-11-15-5-3-4-6-17(15)19(12-20)18(16)10-14/h3-8,10-11,13,20H,9,12H2,1-2H3. The van der Waals surface area contributed by atoms with Gasteiger partial charge in [0, 0.05) is 0 Å². The quantitative estimate of drug-likeness (QED) is 0.681. The van der Waals surface area contributed by atoms with Gasteiger partial charge in [0.25, 0.3) is 0 Å². The van der Waals surface area contributed by atoms with Gasteiger partial charge in [0.2, 0.25) is 0 Å². The van der Waals surface area contributed by atoms with Gasteiger partial charge >= 0.3 is 0 Å². The predicted octanol–water partition coefficient (Wildman–Crippen LogP) is 4.68. The zero-order valence-electron chi connectivity index (χ0n) is 12.1. The number of aliphatic hydroxyl groups excluding tert-OH is 1. The third kappa shape index (κ3) is 2.30.